The van der Waals surface area contributed by atoms with Gasteiger partial charge in [-0.2, -0.15) is 0 Å². The van der Waals surface area contributed by atoms with Gasteiger partial charge in [-0.15, -0.1) is 11.3 Å². The highest BCUT2D eigenvalue weighted by atomic mass is 32.1. The summed E-state index contributed by atoms with van der Waals surface area (Å²) in [5, 5.41) is 6.59. The highest BCUT2D eigenvalue weighted by Gasteiger charge is 2.26. The second-order valence-corrected chi connectivity index (χ2v) is 7.56. The van der Waals surface area contributed by atoms with E-state index in [0.29, 0.717) is 25.4 Å². The van der Waals surface area contributed by atoms with Crippen molar-refractivity contribution in [3.63, 3.8) is 0 Å². The molecule has 1 aromatic heterocycles. The normalized spacial score (nSPS) is 15.3. The summed E-state index contributed by atoms with van der Waals surface area (Å²) < 4.78 is 27.5. The molecule has 1 aliphatic rings. The number of carbonyl (C=O) groups excluding carboxylic acids is 1. The molecule has 0 radical (unpaired) electrons. The SMILES string of the molecule is CC=NOCC(=O)N1CCC(c2nc(CCc3c(F)cccc3F)cs2)CC1. The molecule has 150 valence electrons. The minimum Gasteiger partial charge on any atom is -0.386 e. The minimum atomic E-state index is -0.513. The molecule has 1 aromatic carbocycles. The lowest BCUT2D eigenvalue weighted by Gasteiger charge is -2.30. The summed E-state index contributed by atoms with van der Waals surface area (Å²) in [7, 11) is 0. The standard InChI is InChI=1S/C20H23F2N3O2S/c1-2-23-27-12-19(26)25-10-8-14(9-11-25)20-24-15(13-28-20)6-7-16-17(21)4-3-5-18(16)22/h2-5,13-14H,6-12H2,1H3. The summed E-state index contributed by atoms with van der Waals surface area (Å²) in [5.74, 6) is -0.777. The monoisotopic (exact) mass is 407 g/mol. The van der Waals surface area contributed by atoms with E-state index in [0.717, 1.165) is 23.5 Å². The number of aromatic nitrogens is 1. The third-order valence-electron chi connectivity index (χ3n) is 4.83. The van der Waals surface area contributed by atoms with Gasteiger partial charge in [0.1, 0.15) is 11.6 Å². The quantitative estimate of drug-likeness (QED) is 0.516. The topological polar surface area (TPSA) is 54.8 Å². The van der Waals surface area contributed by atoms with Crippen LogP contribution >= 0.6 is 11.3 Å². The second-order valence-electron chi connectivity index (χ2n) is 6.67. The molecule has 5 nitrogen and oxygen atoms in total. The zero-order chi connectivity index (χ0) is 19.9. The van der Waals surface area contributed by atoms with E-state index >= 15 is 0 Å². The van der Waals surface area contributed by atoms with Gasteiger partial charge in [-0.25, -0.2) is 13.8 Å². The van der Waals surface area contributed by atoms with Crippen LogP contribution in [0, 0.1) is 11.6 Å². The number of benzene rings is 1. The first-order valence-electron chi connectivity index (χ1n) is 9.33. The van der Waals surface area contributed by atoms with Crippen molar-refractivity contribution in [1.29, 1.82) is 0 Å². The van der Waals surface area contributed by atoms with Gasteiger partial charge in [-0.3, -0.25) is 4.79 Å². The number of oxime groups is 1. The molecule has 0 unspecified atom stereocenters. The molecule has 2 aromatic rings. The summed E-state index contributed by atoms with van der Waals surface area (Å²) >= 11 is 1.58. The van der Waals surface area contributed by atoms with Crippen molar-refractivity contribution < 1.29 is 18.4 Å². The molecule has 0 N–H and O–H groups in total. The zero-order valence-electron chi connectivity index (χ0n) is 15.7. The molecule has 0 aliphatic carbocycles. The average molecular weight is 407 g/mol. The number of hydrogen-bond acceptors (Lipinski definition) is 5. The third-order valence-corrected chi connectivity index (χ3v) is 5.88. The van der Waals surface area contributed by atoms with Crippen molar-refractivity contribution in [2.75, 3.05) is 19.7 Å². The van der Waals surface area contributed by atoms with Crippen LogP contribution in [-0.4, -0.2) is 41.7 Å². The van der Waals surface area contributed by atoms with E-state index in [9.17, 15) is 13.6 Å². The van der Waals surface area contributed by atoms with Gasteiger partial charge in [0.15, 0.2) is 6.61 Å². The van der Waals surface area contributed by atoms with Crippen LogP contribution in [0.3, 0.4) is 0 Å². The maximum Gasteiger partial charge on any atom is 0.263 e. The minimum absolute atomic E-state index is 0.0387. The highest BCUT2D eigenvalue weighted by Crippen LogP contribution is 2.30. The Bertz CT molecular complexity index is 812. The van der Waals surface area contributed by atoms with Crippen LogP contribution in [-0.2, 0) is 22.5 Å². The summed E-state index contributed by atoms with van der Waals surface area (Å²) in [4.78, 5) is 23.4. The molecular formula is C20H23F2N3O2S. The summed E-state index contributed by atoms with van der Waals surface area (Å²) in [5.41, 5.74) is 0.963. The van der Waals surface area contributed by atoms with E-state index in [1.807, 2.05) is 5.38 Å². The number of likely N-dealkylation sites (tertiary alicyclic amines) is 1. The number of hydrogen-bond donors (Lipinski definition) is 0. The van der Waals surface area contributed by atoms with Crippen LogP contribution in [0.1, 0.15) is 41.9 Å². The molecule has 2 heterocycles. The predicted molar refractivity (Wildman–Crippen MR) is 105 cm³/mol. The Balaban J connectivity index is 1.50. The first kappa shape index (κ1) is 20.4. The van der Waals surface area contributed by atoms with Crippen LogP contribution in [0.5, 0.6) is 0 Å². The molecule has 3 rings (SSSR count). The van der Waals surface area contributed by atoms with Crippen molar-refractivity contribution in [2.45, 2.75) is 38.5 Å². The molecule has 1 aliphatic heterocycles. The molecule has 1 saturated heterocycles. The first-order valence-corrected chi connectivity index (χ1v) is 10.2. The van der Waals surface area contributed by atoms with Crippen molar-refractivity contribution >= 4 is 23.5 Å². The van der Waals surface area contributed by atoms with E-state index in [2.05, 4.69) is 10.1 Å². The summed E-state index contributed by atoms with van der Waals surface area (Å²) in [6.07, 6.45) is 3.98. The average Bonchev–Trinajstić information content (AvgIpc) is 3.17. The maximum absolute atomic E-state index is 13.7. The van der Waals surface area contributed by atoms with Crippen LogP contribution in [0.15, 0.2) is 28.7 Å². The van der Waals surface area contributed by atoms with Crippen molar-refractivity contribution in [3.8, 4) is 0 Å². The Kier molecular flexibility index (Phi) is 7.08. The fourth-order valence-corrected chi connectivity index (χ4v) is 4.31. The highest BCUT2D eigenvalue weighted by molar-refractivity contribution is 7.09. The lowest BCUT2D eigenvalue weighted by molar-refractivity contribution is -0.137. The summed E-state index contributed by atoms with van der Waals surface area (Å²) in [6, 6.07) is 3.93. The zero-order valence-corrected chi connectivity index (χ0v) is 16.6. The van der Waals surface area contributed by atoms with E-state index < -0.39 is 11.6 Å². The molecule has 1 fully saturated rings. The van der Waals surface area contributed by atoms with Crippen molar-refractivity contribution in [3.05, 3.63) is 51.5 Å². The fourth-order valence-electron chi connectivity index (χ4n) is 3.28. The smallest absolute Gasteiger partial charge is 0.263 e. The number of thiazole rings is 1. The van der Waals surface area contributed by atoms with Gasteiger partial charge in [0.25, 0.3) is 5.91 Å². The summed E-state index contributed by atoms with van der Waals surface area (Å²) in [6.45, 7) is 3.02. The van der Waals surface area contributed by atoms with Crippen LogP contribution in [0.25, 0.3) is 0 Å². The number of amides is 1. The van der Waals surface area contributed by atoms with E-state index in [4.69, 9.17) is 4.84 Å². The van der Waals surface area contributed by atoms with Gasteiger partial charge < -0.3 is 9.74 Å². The molecule has 28 heavy (non-hydrogen) atoms. The van der Waals surface area contributed by atoms with Crippen LogP contribution < -0.4 is 0 Å². The largest absolute Gasteiger partial charge is 0.386 e. The van der Waals surface area contributed by atoms with Gasteiger partial charge in [-0.05, 0) is 44.7 Å². The van der Waals surface area contributed by atoms with Gasteiger partial charge in [0.2, 0.25) is 0 Å². The number of aryl methyl sites for hydroxylation is 1. The molecule has 0 atom stereocenters. The third kappa shape index (κ3) is 5.13. The molecule has 0 spiro atoms. The number of carbonyl (C=O) groups is 1. The fraction of sp³-hybridized carbons (Fsp3) is 0.450. The Morgan fingerprint density at radius 3 is 2.71 bits per heavy atom. The van der Waals surface area contributed by atoms with Gasteiger partial charge in [0, 0.05) is 36.2 Å². The molecule has 0 saturated carbocycles. The Morgan fingerprint density at radius 2 is 2.04 bits per heavy atom. The number of rotatable bonds is 7. The van der Waals surface area contributed by atoms with Gasteiger partial charge in [-0.1, -0.05) is 11.2 Å². The first-order chi connectivity index (χ1) is 13.6. The van der Waals surface area contributed by atoms with E-state index in [1.54, 1.807) is 23.2 Å². The Labute approximate surface area is 167 Å². The lowest BCUT2D eigenvalue weighted by Crippen LogP contribution is -2.39. The van der Waals surface area contributed by atoms with Crippen molar-refractivity contribution in [1.82, 2.24) is 9.88 Å². The lowest BCUT2D eigenvalue weighted by atomic mass is 9.97. The van der Waals surface area contributed by atoms with Gasteiger partial charge in [0.05, 0.1) is 10.7 Å². The molecule has 8 heteroatoms. The number of nitrogens with zero attached hydrogens (tertiary/aromatic N) is 3. The predicted octanol–water partition coefficient (Wildman–Crippen LogP) is 3.93. The Morgan fingerprint density at radius 1 is 1.32 bits per heavy atom. The van der Waals surface area contributed by atoms with Crippen molar-refractivity contribution in [2.24, 2.45) is 5.16 Å². The maximum atomic E-state index is 13.7. The number of halogens is 2. The van der Waals surface area contributed by atoms with E-state index in [-0.39, 0.29) is 24.5 Å². The van der Waals surface area contributed by atoms with Gasteiger partial charge >= 0.3 is 0 Å². The van der Waals surface area contributed by atoms with Crippen LogP contribution in [0.2, 0.25) is 0 Å². The molecule has 1 amide bonds. The molecule has 0 bridgehead atoms. The Hall–Kier alpha value is -2.35. The number of piperidine rings is 1. The van der Waals surface area contributed by atoms with E-state index in [1.165, 1.54) is 24.4 Å². The second kappa shape index (κ2) is 9.73. The molecular weight excluding hydrogens is 384 g/mol. The van der Waals surface area contributed by atoms with Crippen LogP contribution in [0.4, 0.5) is 8.78 Å².